The van der Waals surface area contributed by atoms with E-state index in [0.29, 0.717) is 40.3 Å². The van der Waals surface area contributed by atoms with E-state index in [2.05, 4.69) is 32.8 Å². The number of ether oxygens (including phenoxy) is 1. The van der Waals surface area contributed by atoms with Crippen molar-refractivity contribution in [3.8, 4) is 0 Å². The molecule has 3 aromatic rings. The largest absolute Gasteiger partial charge is 0.375 e. The maximum atomic E-state index is 14.0. The zero-order valence-corrected chi connectivity index (χ0v) is 25.2. The number of piperazine rings is 1. The van der Waals surface area contributed by atoms with Gasteiger partial charge >= 0.3 is 0 Å². The Labute approximate surface area is 256 Å². The molecular formula is C33H37FN6O4. The summed E-state index contributed by atoms with van der Waals surface area (Å²) in [4.78, 5) is 44.3. The quantitative estimate of drug-likeness (QED) is 0.307. The number of methoxy groups -OCH3 is 1. The molecular weight excluding hydrogens is 563 g/mol. The summed E-state index contributed by atoms with van der Waals surface area (Å²) in [6.07, 6.45) is 0. The van der Waals surface area contributed by atoms with Crippen molar-refractivity contribution in [1.82, 2.24) is 15.1 Å². The summed E-state index contributed by atoms with van der Waals surface area (Å²) in [5.74, 6) is -1.04. The first-order chi connectivity index (χ1) is 21.2. The zero-order valence-electron chi connectivity index (χ0n) is 25.2. The highest BCUT2D eigenvalue weighted by molar-refractivity contribution is 6.37. The summed E-state index contributed by atoms with van der Waals surface area (Å²) < 4.78 is 18.9. The maximum Gasteiger partial charge on any atom is 0.258 e. The number of carbonyl (C=O) groups excluding carboxylic acids is 3. The summed E-state index contributed by atoms with van der Waals surface area (Å²) in [6.45, 7) is 4.20. The number of fused-ring (bicyclic) bond motifs is 1. The average Bonchev–Trinajstić information content (AvgIpc) is 3.34. The molecule has 5 rings (SSSR count). The minimum absolute atomic E-state index is 0.0129. The van der Waals surface area contributed by atoms with Crippen molar-refractivity contribution in [3.63, 3.8) is 0 Å². The van der Waals surface area contributed by atoms with Gasteiger partial charge in [-0.15, -0.1) is 0 Å². The molecule has 0 aromatic heterocycles. The van der Waals surface area contributed by atoms with E-state index in [1.807, 2.05) is 48.5 Å². The van der Waals surface area contributed by atoms with Crippen molar-refractivity contribution in [2.24, 2.45) is 0 Å². The Morgan fingerprint density at radius 1 is 1.02 bits per heavy atom. The van der Waals surface area contributed by atoms with Crippen molar-refractivity contribution in [3.05, 3.63) is 89.2 Å². The van der Waals surface area contributed by atoms with E-state index in [1.54, 1.807) is 18.0 Å². The van der Waals surface area contributed by atoms with Gasteiger partial charge in [-0.3, -0.25) is 19.3 Å². The third kappa shape index (κ3) is 7.31. The normalized spacial score (nSPS) is 16.2. The molecule has 10 nitrogen and oxygen atoms in total. The standard InChI is InChI=1S/C33H37FN6O4/c1-38-13-15-40(16-14-38)20-30(42)39(2)26-10-8-25(9-11-26)36-32(31-27-12-7-24(34)18-28(27)37-33(31)43)23-6-4-5-22(17-23)19-35-29(41)21-44-3/h4-12,17-18,36H,13-16,19-21H2,1-3H3,(H,35,41)(H,37,43)/b32-31-. The molecule has 0 aliphatic carbocycles. The summed E-state index contributed by atoms with van der Waals surface area (Å²) >= 11 is 0. The molecule has 3 aromatic carbocycles. The number of hydrogen-bond donors (Lipinski definition) is 3. The molecule has 2 heterocycles. The fraction of sp³-hybridized carbons (Fsp3) is 0.303. The van der Waals surface area contributed by atoms with Crippen LogP contribution in [0.5, 0.6) is 0 Å². The first-order valence-electron chi connectivity index (χ1n) is 14.5. The molecule has 11 heteroatoms. The van der Waals surface area contributed by atoms with Gasteiger partial charge in [-0.1, -0.05) is 18.2 Å². The van der Waals surface area contributed by atoms with Gasteiger partial charge in [0.25, 0.3) is 5.91 Å². The Balaban J connectivity index is 1.41. The fourth-order valence-electron chi connectivity index (χ4n) is 5.25. The molecule has 44 heavy (non-hydrogen) atoms. The number of carbonyl (C=O) groups is 3. The third-order valence-electron chi connectivity index (χ3n) is 7.81. The van der Waals surface area contributed by atoms with Gasteiger partial charge in [-0.05, 0) is 66.7 Å². The molecule has 0 bridgehead atoms. The second-order valence-electron chi connectivity index (χ2n) is 11.0. The van der Waals surface area contributed by atoms with Crippen molar-refractivity contribution < 1.29 is 23.5 Å². The number of amides is 3. The van der Waals surface area contributed by atoms with Crippen LogP contribution in [0.3, 0.4) is 0 Å². The van der Waals surface area contributed by atoms with Crippen molar-refractivity contribution >= 4 is 46.1 Å². The van der Waals surface area contributed by atoms with Gasteiger partial charge in [0, 0.05) is 63.8 Å². The van der Waals surface area contributed by atoms with Gasteiger partial charge in [0.1, 0.15) is 12.4 Å². The third-order valence-corrected chi connectivity index (χ3v) is 7.81. The number of nitrogens with one attached hydrogen (secondary N) is 3. The second-order valence-corrected chi connectivity index (χ2v) is 11.0. The van der Waals surface area contributed by atoms with Crippen LogP contribution in [0.4, 0.5) is 21.5 Å². The molecule has 1 fully saturated rings. The summed E-state index contributed by atoms with van der Waals surface area (Å²) in [7, 11) is 5.31. The molecule has 2 aliphatic heterocycles. The lowest BCUT2D eigenvalue weighted by atomic mass is 9.98. The van der Waals surface area contributed by atoms with E-state index in [-0.39, 0.29) is 30.9 Å². The van der Waals surface area contributed by atoms with Crippen LogP contribution in [-0.2, 0) is 25.7 Å². The average molecular weight is 601 g/mol. The maximum absolute atomic E-state index is 14.0. The van der Waals surface area contributed by atoms with E-state index >= 15 is 0 Å². The number of benzene rings is 3. The molecule has 3 amide bonds. The van der Waals surface area contributed by atoms with E-state index in [1.165, 1.54) is 19.2 Å². The second kappa shape index (κ2) is 13.8. The molecule has 3 N–H and O–H groups in total. The number of anilines is 3. The van der Waals surface area contributed by atoms with Crippen LogP contribution in [0.15, 0.2) is 66.7 Å². The first-order valence-corrected chi connectivity index (χ1v) is 14.5. The van der Waals surface area contributed by atoms with E-state index in [4.69, 9.17) is 4.74 Å². The SMILES string of the molecule is COCC(=O)NCc1cccc(/C(Nc2ccc(N(C)C(=O)CN3CCN(C)CC3)cc2)=C2/C(=O)Nc3cc(F)ccc32)c1. The van der Waals surface area contributed by atoms with Crippen LogP contribution >= 0.6 is 0 Å². The van der Waals surface area contributed by atoms with Gasteiger partial charge in [-0.25, -0.2) is 4.39 Å². The minimum Gasteiger partial charge on any atom is -0.375 e. The van der Waals surface area contributed by atoms with Gasteiger partial charge in [-0.2, -0.15) is 0 Å². The Hall–Kier alpha value is -4.58. The van der Waals surface area contributed by atoms with E-state index < -0.39 is 5.82 Å². The lowest BCUT2D eigenvalue weighted by Crippen LogP contribution is -2.48. The molecule has 1 saturated heterocycles. The molecule has 2 aliphatic rings. The Morgan fingerprint density at radius 2 is 1.77 bits per heavy atom. The van der Waals surface area contributed by atoms with Crippen molar-refractivity contribution in [2.45, 2.75) is 6.54 Å². The monoisotopic (exact) mass is 600 g/mol. The topological polar surface area (TPSA) is 106 Å². The van der Waals surface area contributed by atoms with Gasteiger partial charge in [0.2, 0.25) is 11.8 Å². The van der Waals surface area contributed by atoms with Crippen LogP contribution in [0.25, 0.3) is 11.3 Å². The Morgan fingerprint density at radius 3 is 2.50 bits per heavy atom. The molecule has 0 radical (unpaired) electrons. The van der Waals surface area contributed by atoms with Crippen molar-refractivity contribution in [2.75, 3.05) is 76.1 Å². The molecule has 0 saturated carbocycles. The zero-order chi connectivity index (χ0) is 31.2. The highest BCUT2D eigenvalue weighted by Crippen LogP contribution is 2.38. The summed E-state index contributed by atoms with van der Waals surface area (Å²) in [5.41, 5.74) is 4.81. The highest BCUT2D eigenvalue weighted by atomic mass is 19.1. The molecule has 0 atom stereocenters. The number of likely N-dealkylation sites (N-methyl/N-ethyl adjacent to an activating group) is 2. The van der Waals surface area contributed by atoms with Crippen LogP contribution in [-0.4, -0.2) is 88.1 Å². The number of halogens is 1. The Bertz CT molecular complexity index is 1570. The van der Waals surface area contributed by atoms with E-state index in [9.17, 15) is 18.8 Å². The van der Waals surface area contributed by atoms with Gasteiger partial charge in [0.15, 0.2) is 0 Å². The van der Waals surface area contributed by atoms with Crippen LogP contribution < -0.4 is 20.9 Å². The van der Waals surface area contributed by atoms with Gasteiger partial charge < -0.3 is 30.5 Å². The molecule has 0 spiro atoms. The van der Waals surface area contributed by atoms with Crippen LogP contribution in [0.1, 0.15) is 16.7 Å². The highest BCUT2D eigenvalue weighted by Gasteiger charge is 2.29. The van der Waals surface area contributed by atoms with Crippen LogP contribution in [0, 0.1) is 5.82 Å². The minimum atomic E-state index is -0.449. The van der Waals surface area contributed by atoms with E-state index in [0.717, 1.165) is 37.4 Å². The molecule has 0 unspecified atom stereocenters. The summed E-state index contributed by atoms with van der Waals surface area (Å²) in [5, 5.41) is 8.98. The smallest absolute Gasteiger partial charge is 0.258 e. The fourth-order valence-corrected chi connectivity index (χ4v) is 5.25. The number of rotatable bonds is 10. The lowest BCUT2D eigenvalue weighted by Gasteiger charge is -2.32. The van der Waals surface area contributed by atoms with Gasteiger partial charge in [0.05, 0.1) is 23.5 Å². The van der Waals surface area contributed by atoms with Crippen molar-refractivity contribution in [1.29, 1.82) is 0 Å². The summed E-state index contributed by atoms with van der Waals surface area (Å²) in [6, 6.07) is 19.1. The molecule has 230 valence electrons. The van der Waals surface area contributed by atoms with Crippen LogP contribution in [0.2, 0.25) is 0 Å². The predicted molar refractivity (Wildman–Crippen MR) is 169 cm³/mol. The first kappa shape index (κ1) is 30.9. The predicted octanol–water partition coefficient (Wildman–Crippen LogP) is 3.23. The Kier molecular flexibility index (Phi) is 9.69. The number of nitrogens with zero attached hydrogens (tertiary/aromatic N) is 3. The number of hydrogen-bond acceptors (Lipinski definition) is 7. The lowest BCUT2D eigenvalue weighted by molar-refractivity contribution is -0.125.